The zero-order valence-corrected chi connectivity index (χ0v) is 19.6. The van der Waals surface area contributed by atoms with Crippen LogP contribution in [-0.2, 0) is 22.2 Å². The van der Waals surface area contributed by atoms with E-state index in [1.807, 2.05) is 0 Å². The van der Waals surface area contributed by atoms with Gasteiger partial charge in [-0.25, -0.2) is 14.8 Å². The molecule has 1 heterocycles. The number of carbonyl (C=O) groups is 2. The second kappa shape index (κ2) is 9.60. The highest BCUT2D eigenvalue weighted by molar-refractivity contribution is 6.02. The molecule has 36 heavy (non-hydrogen) atoms. The maximum Gasteiger partial charge on any atom is 0.416 e. The van der Waals surface area contributed by atoms with Gasteiger partial charge in [-0.15, -0.1) is 0 Å². The summed E-state index contributed by atoms with van der Waals surface area (Å²) in [7, 11) is 0. The zero-order valence-electron chi connectivity index (χ0n) is 19.6. The van der Waals surface area contributed by atoms with Crippen molar-refractivity contribution in [3.63, 3.8) is 0 Å². The maximum absolute atomic E-state index is 13.6. The van der Waals surface area contributed by atoms with E-state index in [0.29, 0.717) is 16.9 Å². The Labute approximate surface area is 205 Å². The van der Waals surface area contributed by atoms with Crippen LogP contribution in [0.15, 0.2) is 61.1 Å². The highest BCUT2D eigenvalue weighted by atomic mass is 19.4. The van der Waals surface area contributed by atoms with Gasteiger partial charge in [0.15, 0.2) is 5.60 Å². The molecule has 0 bridgehead atoms. The molecule has 0 radical (unpaired) electrons. The number of aliphatic carboxylic acids is 1. The average Bonchev–Trinajstić information content (AvgIpc) is 3.65. The molecule has 1 amide bonds. The number of alkyl halides is 3. The minimum absolute atomic E-state index is 0.120. The van der Waals surface area contributed by atoms with Crippen molar-refractivity contribution in [3.8, 4) is 5.75 Å². The second-order valence-electron chi connectivity index (χ2n) is 9.08. The number of aromatic nitrogens is 2. The second-order valence-corrected chi connectivity index (χ2v) is 9.08. The van der Waals surface area contributed by atoms with Crippen LogP contribution in [0.3, 0.4) is 0 Å². The largest absolute Gasteiger partial charge is 0.478 e. The Hall–Kier alpha value is -3.95. The molecule has 0 spiro atoms. The van der Waals surface area contributed by atoms with E-state index < -0.39 is 29.2 Å². The smallest absolute Gasteiger partial charge is 0.416 e. The first kappa shape index (κ1) is 25.2. The van der Waals surface area contributed by atoms with Gasteiger partial charge in [-0.3, -0.25) is 9.69 Å². The highest BCUT2D eigenvalue weighted by Crippen LogP contribution is 2.44. The first-order valence-electron chi connectivity index (χ1n) is 11.3. The molecular formula is C26H24F3N3O4. The third-order valence-corrected chi connectivity index (χ3v) is 5.77. The number of benzene rings is 2. The number of carboxylic acid groups (broad SMARTS) is 1. The first-order chi connectivity index (χ1) is 17.0. The predicted octanol–water partition coefficient (Wildman–Crippen LogP) is 5.52. The molecule has 0 unspecified atom stereocenters. The van der Waals surface area contributed by atoms with Crippen molar-refractivity contribution < 1.29 is 32.6 Å². The first-order valence-corrected chi connectivity index (χ1v) is 11.3. The van der Waals surface area contributed by atoms with Gasteiger partial charge >= 0.3 is 12.1 Å². The van der Waals surface area contributed by atoms with Gasteiger partial charge in [0.05, 0.1) is 29.6 Å². The lowest BCUT2D eigenvalue weighted by Gasteiger charge is -2.25. The summed E-state index contributed by atoms with van der Waals surface area (Å²) in [5.41, 5.74) is -0.418. The van der Waals surface area contributed by atoms with E-state index in [1.165, 1.54) is 43.4 Å². The van der Waals surface area contributed by atoms with Crippen molar-refractivity contribution >= 4 is 23.3 Å². The monoisotopic (exact) mass is 499 g/mol. The van der Waals surface area contributed by atoms with Gasteiger partial charge in [0.2, 0.25) is 5.91 Å². The third kappa shape index (κ3) is 5.64. The van der Waals surface area contributed by atoms with Gasteiger partial charge in [-0.05, 0) is 68.7 Å². The van der Waals surface area contributed by atoms with Crippen LogP contribution in [0, 0.1) is 0 Å². The molecule has 0 saturated heterocycles. The number of amides is 1. The van der Waals surface area contributed by atoms with Gasteiger partial charge in [0.25, 0.3) is 0 Å². The van der Waals surface area contributed by atoms with Crippen LogP contribution in [0.2, 0.25) is 0 Å². The van der Waals surface area contributed by atoms with Crippen molar-refractivity contribution in [1.82, 2.24) is 9.97 Å². The Bertz CT molecular complexity index is 1270. The van der Waals surface area contributed by atoms with Crippen LogP contribution < -0.4 is 9.64 Å². The van der Waals surface area contributed by atoms with Crippen molar-refractivity contribution in [1.29, 1.82) is 0 Å². The molecule has 1 aliphatic rings. The quantitative estimate of drug-likeness (QED) is 0.439. The molecule has 1 fully saturated rings. The number of nitrogens with zero attached hydrogens (tertiary/aromatic N) is 3. The van der Waals surface area contributed by atoms with Crippen LogP contribution >= 0.6 is 0 Å². The van der Waals surface area contributed by atoms with E-state index in [4.69, 9.17) is 4.74 Å². The molecule has 7 nitrogen and oxygen atoms in total. The van der Waals surface area contributed by atoms with Gasteiger partial charge in [-0.2, -0.15) is 13.2 Å². The Morgan fingerprint density at radius 3 is 2.42 bits per heavy atom. The molecule has 10 heteroatoms. The average molecular weight is 499 g/mol. The Balaban J connectivity index is 1.67. The van der Waals surface area contributed by atoms with Crippen molar-refractivity contribution in [2.75, 3.05) is 4.90 Å². The standard InChI is InChI=1S/C26H24F3N3O4/c1-25(2,24(34)35)36-20-5-3-4-16(12-20)13-22(33)32(19-10-8-18(9-11-19)26(27,28)29)21-14-30-15-31-23(21)17-6-7-17/h3-5,8-12,14-15,17H,6-7,13H2,1-2H3,(H,34,35). The summed E-state index contributed by atoms with van der Waals surface area (Å²) in [5, 5.41) is 9.32. The van der Waals surface area contributed by atoms with E-state index in [-0.39, 0.29) is 23.8 Å². The number of halogens is 3. The van der Waals surface area contributed by atoms with Crippen LogP contribution in [0.4, 0.5) is 24.5 Å². The van der Waals surface area contributed by atoms with Crippen molar-refractivity contribution in [2.45, 2.75) is 50.8 Å². The summed E-state index contributed by atoms with van der Waals surface area (Å²) in [6, 6.07) is 10.8. The third-order valence-electron chi connectivity index (χ3n) is 5.77. The number of hydrogen-bond donors (Lipinski definition) is 1. The Kier molecular flexibility index (Phi) is 6.71. The fourth-order valence-corrected chi connectivity index (χ4v) is 3.70. The van der Waals surface area contributed by atoms with Crippen molar-refractivity contribution in [3.05, 3.63) is 77.9 Å². The summed E-state index contributed by atoms with van der Waals surface area (Å²) in [6.07, 6.45) is 0.0512. The number of hydrogen-bond acceptors (Lipinski definition) is 5. The van der Waals surface area contributed by atoms with E-state index in [2.05, 4.69) is 9.97 Å². The van der Waals surface area contributed by atoms with Crippen LogP contribution in [0.25, 0.3) is 0 Å². The minimum atomic E-state index is -4.51. The normalized spacial score (nSPS) is 13.8. The lowest BCUT2D eigenvalue weighted by Crippen LogP contribution is -2.37. The molecule has 1 N–H and O–H groups in total. The number of carbonyl (C=O) groups excluding carboxylic acids is 1. The van der Waals surface area contributed by atoms with Gasteiger partial charge in [0, 0.05) is 11.6 Å². The van der Waals surface area contributed by atoms with Crippen LogP contribution in [0.5, 0.6) is 5.75 Å². The molecule has 1 aliphatic carbocycles. The van der Waals surface area contributed by atoms with Gasteiger partial charge < -0.3 is 9.84 Å². The Morgan fingerprint density at radius 2 is 1.81 bits per heavy atom. The lowest BCUT2D eigenvalue weighted by molar-refractivity contribution is -0.152. The minimum Gasteiger partial charge on any atom is -0.478 e. The topological polar surface area (TPSA) is 92.6 Å². The lowest BCUT2D eigenvalue weighted by atomic mass is 10.1. The van der Waals surface area contributed by atoms with Crippen LogP contribution in [-0.4, -0.2) is 32.6 Å². The SMILES string of the molecule is CC(C)(Oc1cccc(CC(=O)N(c2ccc(C(F)(F)F)cc2)c2cncnc2C2CC2)c1)C(=O)O. The highest BCUT2D eigenvalue weighted by Gasteiger charge is 2.34. The zero-order chi connectivity index (χ0) is 26.1. The van der Waals surface area contributed by atoms with E-state index >= 15 is 0 Å². The van der Waals surface area contributed by atoms with Gasteiger partial charge in [-0.1, -0.05) is 12.1 Å². The summed E-state index contributed by atoms with van der Waals surface area (Å²) >= 11 is 0. The van der Waals surface area contributed by atoms with E-state index in [0.717, 1.165) is 25.0 Å². The molecule has 0 aliphatic heterocycles. The molecule has 3 aromatic rings. The maximum atomic E-state index is 13.6. The molecule has 0 atom stereocenters. The van der Waals surface area contributed by atoms with Crippen LogP contribution in [0.1, 0.15) is 49.4 Å². The molecule has 1 aromatic heterocycles. The fraction of sp³-hybridized carbons (Fsp3) is 0.308. The molecule has 1 saturated carbocycles. The summed E-state index contributed by atoms with van der Waals surface area (Å²) in [4.78, 5) is 34.7. The molecule has 2 aromatic carbocycles. The molecule has 4 rings (SSSR count). The number of ether oxygens (including phenoxy) is 1. The van der Waals surface area contributed by atoms with E-state index in [1.54, 1.807) is 24.3 Å². The number of rotatable bonds is 8. The van der Waals surface area contributed by atoms with E-state index in [9.17, 15) is 27.9 Å². The molecular weight excluding hydrogens is 475 g/mol. The van der Waals surface area contributed by atoms with Crippen molar-refractivity contribution in [2.24, 2.45) is 0 Å². The van der Waals surface area contributed by atoms with Gasteiger partial charge in [0.1, 0.15) is 12.1 Å². The number of carboxylic acids is 1. The molecule has 188 valence electrons. The number of anilines is 2. The summed E-state index contributed by atoms with van der Waals surface area (Å²) in [6.45, 7) is 2.82. The predicted molar refractivity (Wildman–Crippen MR) is 125 cm³/mol. The Morgan fingerprint density at radius 1 is 1.11 bits per heavy atom. The summed E-state index contributed by atoms with van der Waals surface area (Å²) in [5.74, 6) is -1.13. The summed E-state index contributed by atoms with van der Waals surface area (Å²) < 4.78 is 44.9. The fourth-order valence-electron chi connectivity index (χ4n) is 3.70.